The number of halogens is 1. The summed E-state index contributed by atoms with van der Waals surface area (Å²) in [5.74, 6) is -1.89. The van der Waals surface area contributed by atoms with Gasteiger partial charge in [-0.2, -0.15) is 0 Å². The lowest BCUT2D eigenvalue weighted by molar-refractivity contribution is -0.140. The van der Waals surface area contributed by atoms with Gasteiger partial charge >= 0.3 is 0 Å². The Balaban J connectivity index is 1.67. The molecule has 35 heavy (non-hydrogen) atoms. The van der Waals surface area contributed by atoms with Crippen LogP contribution in [0.15, 0.2) is 54.1 Å². The fourth-order valence-electron chi connectivity index (χ4n) is 4.53. The first kappa shape index (κ1) is 24.9. The number of benzene rings is 2. The van der Waals surface area contributed by atoms with Gasteiger partial charge in [0.25, 0.3) is 11.7 Å². The van der Waals surface area contributed by atoms with Crippen molar-refractivity contribution in [1.82, 2.24) is 9.80 Å². The van der Waals surface area contributed by atoms with Gasteiger partial charge in [0.1, 0.15) is 17.3 Å². The summed E-state index contributed by atoms with van der Waals surface area (Å²) >= 11 is 0. The minimum absolute atomic E-state index is 0.112. The molecule has 8 heteroatoms. The van der Waals surface area contributed by atoms with Gasteiger partial charge in [0.15, 0.2) is 0 Å². The number of hydrogen-bond acceptors (Lipinski definition) is 6. The summed E-state index contributed by atoms with van der Waals surface area (Å²) in [7, 11) is 0. The average Bonchev–Trinajstić information content (AvgIpc) is 3.13. The molecule has 0 spiro atoms. The summed E-state index contributed by atoms with van der Waals surface area (Å²) in [4.78, 5) is 29.9. The Morgan fingerprint density at radius 1 is 1.11 bits per heavy atom. The summed E-state index contributed by atoms with van der Waals surface area (Å²) in [5.41, 5.74) is 0.406. The number of aliphatic hydroxyl groups is 1. The molecule has 186 valence electrons. The van der Waals surface area contributed by atoms with Crippen LogP contribution in [0, 0.1) is 5.82 Å². The van der Waals surface area contributed by atoms with Crippen molar-refractivity contribution in [2.24, 2.45) is 0 Å². The van der Waals surface area contributed by atoms with E-state index in [0.29, 0.717) is 37.6 Å². The highest BCUT2D eigenvalue weighted by molar-refractivity contribution is 6.46. The first-order chi connectivity index (χ1) is 17.0. The maximum Gasteiger partial charge on any atom is 0.295 e. The van der Waals surface area contributed by atoms with Crippen molar-refractivity contribution in [3.8, 4) is 5.75 Å². The standard InChI is InChI=1S/C27H31FN2O5/c1-2-15-35-20-8-5-7-19(18-20)25(31)23-24(21-9-3-4-10-22(21)28)30(27(33)26(23)32)12-6-11-29-13-16-34-17-14-29/h3-5,7-10,18,24,31H,2,6,11-17H2,1H3. The van der Waals surface area contributed by atoms with Crippen LogP contribution in [-0.2, 0) is 14.3 Å². The van der Waals surface area contributed by atoms with Crippen LogP contribution in [0.2, 0.25) is 0 Å². The first-order valence-electron chi connectivity index (χ1n) is 12.1. The Morgan fingerprint density at radius 3 is 2.63 bits per heavy atom. The highest BCUT2D eigenvalue weighted by Gasteiger charge is 2.46. The van der Waals surface area contributed by atoms with Crippen molar-refractivity contribution in [2.45, 2.75) is 25.8 Å². The van der Waals surface area contributed by atoms with Crippen LogP contribution < -0.4 is 4.74 Å². The van der Waals surface area contributed by atoms with Crippen LogP contribution >= 0.6 is 0 Å². The summed E-state index contributed by atoms with van der Waals surface area (Å²) in [6, 6.07) is 11.8. The van der Waals surface area contributed by atoms with E-state index in [4.69, 9.17) is 9.47 Å². The van der Waals surface area contributed by atoms with Gasteiger partial charge in [0.05, 0.1) is 31.4 Å². The topological polar surface area (TPSA) is 79.3 Å². The summed E-state index contributed by atoms with van der Waals surface area (Å²) in [5, 5.41) is 11.2. The van der Waals surface area contributed by atoms with E-state index in [2.05, 4.69) is 4.90 Å². The zero-order valence-corrected chi connectivity index (χ0v) is 19.9. The Morgan fingerprint density at radius 2 is 1.89 bits per heavy atom. The van der Waals surface area contributed by atoms with Crippen molar-refractivity contribution in [2.75, 3.05) is 46.0 Å². The van der Waals surface area contributed by atoms with Crippen molar-refractivity contribution in [3.05, 3.63) is 71.0 Å². The second kappa shape index (κ2) is 11.5. The smallest absolute Gasteiger partial charge is 0.295 e. The minimum Gasteiger partial charge on any atom is -0.507 e. The van der Waals surface area contributed by atoms with Gasteiger partial charge in [-0.15, -0.1) is 0 Å². The van der Waals surface area contributed by atoms with E-state index >= 15 is 0 Å². The zero-order chi connectivity index (χ0) is 24.8. The van der Waals surface area contributed by atoms with Crippen molar-refractivity contribution < 1.29 is 28.6 Å². The molecule has 4 rings (SSSR count). The fraction of sp³-hybridized carbons (Fsp3) is 0.407. The van der Waals surface area contributed by atoms with E-state index in [0.717, 1.165) is 26.1 Å². The second-order valence-corrected chi connectivity index (χ2v) is 8.70. The molecule has 0 saturated carbocycles. The van der Waals surface area contributed by atoms with Crippen molar-refractivity contribution >= 4 is 17.4 Å². The number of ether oxygens (including phenoxy) is 2. The van der Waals surface area contributed by atoms with Crippen LogP contribution in [0.4, 0.5) is 4.39 Å². The minimum atomic E-state index is -1.01. The average molecular weight is 483 g/mol. The quantitative estimate of drug-likeness (QED) is 0.333. The number of ketones is 1. The predicted molar refractivity (Wildman–Crippen MR) is 130 cm³/mol. The van der Waals surface area contributed by atoms with Gasteiger partial charge in [0.2, 0.25) is 0 Å². The van der Waals surface area contributed by atoms with Gasteiger partial charge in [0, 0.05) is 37.3 Å². The molecule has 2 saturated heterocycles. The maximum absolute atomic E-state index is 14.9. The number of carbonyl (C=O) groups excluding carboxylic acids is 2. The zero-order valence-electron chi connectivity index (χ0n) is 19.9. The molecule has 7 nitrogen and oxygen atoms in total. The SMILES string of the molecule is CCCOc1cccc(C(O)=C2C(=O)C(=O)N(CCCN3CCOCC3)C2c2ccccc2F)c1. The molecule has 2 fully saturated rings. The molecule has 2 aliphatic rings. The Kier molecular flexibility index (Phi) is 8.15. The van der Waals surface area contributed by atoms with Crippen molar-refractivity contribution in [1.29, 1.82) is 0 Å². The maximum atomic E-state index is 14.9. The third-order valence-electron chi connectivity index (χ3n) is 6.30. The number of nitrogens with zero attached hydrogens (tertiary/aromatic N) is 2. The van der Waals surface area contributed by atoms with Gasteiger partial charge < -0.3 is 19.5 Å². The van der Waals surface area contributed by atoms with Crippen molar-refractivity contribution in [3.63, 3.8) is 0 Å². The summed E-state index contributed by atoms with van der Waals surface area (Å²) < 4.78 is 26.0. The molecule has 2 aromatic rings. The lowest BCUT2D eigenvalue weighted by Gasteiger charge is -2.29. The van der Waals surface area contributed by atoms with E-state index < -0.39 is 23.5 Å². The number of morpholine rings is 1. The van der Waals surface area contributed by atoms with E-state index in [1.165, 1.54) is 11.0 Å². The predicted octanol–water partition coefficient (Wildman–Crippen LogP) is 3.76. The molecular weight excluding hydrogens is 451 g/mol. The molecule has 1 N–H and O–H groups in total. The van der Waals surface area contributed by atoms with Gasteiger partial charge in [-0.05, 0) is 31.0 Å². The molecule has 0 radical (unpaired) electrons. The van der Waals surface area contributed by atoms with E-state index in [1.807, 2.05) is 6.92 Å². The molecular formula is C27H31FN2O5. The molecule has 0 bridgehead atoms. The Labute approximate surface area is 204 Å². The van der Waals surface area contributed by atoms with E-state index in [9.17, 15) is 19.1 Å². The fourth-order valence-corrected chi connectivity index (χ4v) is 4.53. The van der Waals surface area contributed by atoms with Gasteiger partial charge in [-0.3, -0.25) is 14.5 Å². The number of likely N-dealkylation sites (tertiary alicyclic amines) is 1. The molecule has 1 amide bonds. The molecule has 0 aliphatic carbocycles. The summed E-state index contributed by atoms with van der Waals surface area (Å²) in [6.07, 6.45) is 1.43. The van der Waals surface area contributed by atoms with Gasteiger partial charge in [-0.25, -0.2) is 4.39 Å². The highest BCUT2D eigenvalue weighted by Crippen LogP contribution is 2.40. The number of hydrogen-bond donors (Lipinski definition) is 1. The second-order valence-electron chi connectivity index (χ2n) is 8.70. The van der Waals surface area contributed by atoms with E-state index in [-0.39, 0.29) is 23.4 Å². The lowest BCUT2D eigenvalue weighted by atomic mass is 9.95. The third kappa shape index (κ3) is 5.55. The van der Waals surface area contributed by atoms with E-state index in [1.54, 1.807) is 42.5 Å². The monoisotopic (exact) mass is 482 g/mol. The highest BCUT2D eigenvalue weighted by atomic mass is 19.1. The Hall–Kier alpha value is -3.23. The summed E-state index contributed by atoms with van der Waals surface area (Å²) in [6.45, 7) is 6.44. The Bertz CT molecular complexity index is 1100. The molecule has 0 aromatic heterocycles. The number of rotatable bonds is 9. The van der Waals surface area contributed by atoms with Crippen LogP contribution in [0.3, 0.4) is 0 Å². The molecule has 1 atom stereocenters. The number of amides is 1. The number of aliphatic hydroxyl groups excluding tert-OH is 1. The normalized spacial score (nSPS) is 20.4. The molecule has 2 heterocycles. The molecule has 1 unspecified atom stereocenters. The largest absolute Gasteiger partial charge is 0.507 e. The van der Waals surface area contributed by atoms with Crippen LogP contribution in [0.1, 0.15) is 36.9 Å². The lowest BCUT2D eigenvalue weighted by Crippen LogP contribution is -2.39. The van der Waals surface area contributed by atoms with Gasteiger partial charge in [-0.1, -0.05) is 37.3 Å². The van der Waals surface area contributed by atoms with Crippen LogP contribution in [-0.4, -0.2) is 72.6 Å². The number of Topliss-reactive ketones (excluding diaryl/α,β-unsaturated/α-hetero) is 1. The molecule has 2 aliphatic heterocycles. The third-order valence-corrected chi connectivity index (χ3v) is 6.30. The first-order valence-corrected chi connectivity index (χ1v) is 12.1. The number of carbonyl (C=O) groups is 2. The van der Waals surface area contributed by atoms with Crippen LogP contribution in [0.5, 0.6) is 5.75 Å². The van der Waals surface area contributed by atoms with Crippen LogP contribution in [0.25, 0.3) is 5.76 Å². The molecule has 2 aromatic carbocycles.